The van der Waals surface area contributed by atoms with Crippen LogP contribution < -0.4 is 19.1 Å². The number of ether oxygens (including phenoxy) is 2. The molecule has 0 unspecified atom stereocenters. The van der Waals surface area contributed by atoms with Crippen LogP contribution in [0.4, 0.5) is 5.69 Å². The van der Waals surface area contributed by atoms with Crippen molar-refractivity contribution < 1.29 is 27.5 Å². The summed E-state index contributed by atoms with van der Waals surface area (Å²) in [6, 6.07) is 22.5. The molecule has 10 heteroatoms. The summed E-state index contributed by atoms with van der Waals surface area (Å²) < 4.78 is 37.7. The summed E-state index contributed by atoms with van der Waals surface area (Å²) in [4.78, 5) is 28.1. The highest BCUT2D eigenvalue weighted by Crippen LogP contribution is 2.23. The van der Waals surface area contributed by atoms with Gasteiger partial charge in [0.15, 0.2) is 0 Å². The maximum absolute atomic E-state index is 13.7. The Hall–Kier alpha value is -4.05. The van der Waals surface area contributed by atoms with Crippen molar-refractivity contribution in [1.29, 1.82) is 0 Å². The van der Waals surface area contributed by atoms with E-state index in [-0.39, 0.29) is 18.5 Å². The standard InChI is InChI=1S/C31H39N3O6S/c1-6-23(2)32-31(36)24(3)33(20-25-12-16-28(39-4)17-13-25)30(35)21-34(41(5,37)38)27-14-18-29(19-15-27)40-22-26-10-8-7-9-11-26/h7-19,23-24H,6,20-22H2,1-5H3,(H,32,36)/t23-,24+/m1/s1. The molecule has 1 N–H and O–H groups in total. The van der Waals surface area contributed by atoms with E-state index in [1.807, 2.05) is 44.2 Å². The van der Waals surface area contributed by atoms with E-state index < -0.39 is 28.5 Å². The molecule has 0 aliphatic heterocycles. The number of rotatable bonds is 14. The molecule has 0 bridgehead atoms. The van der Waals surface area contributed by atoms with Crippen LogP contribution in [-0.4, -0.2) is 57.1 Å². The minimum absolute atomic E-state index is 0.0713. The first-order chi connectivity index (χ1) is 19.5. The number of hydrogen-bond acceptors (Lipinski definition) is 6. The fourth-order valence-corrected chi connectivity index (χ4v) is 4.89. The van der Waals surface area contributed by atoms with Crippen molar-refractivity contribution in [3.8, 4) is 11.5 Å². The highest BCUT2D eigenvalue weighted by Gasteiger charge is 2.30. The van der Waals surface area contributed by atoms with Gasteiger partial charge in [-0.2, -0.15) is 0 Å². The van der Waals surface area contributed by atoms with Crippen LogP contribution in [0.1, 0.15) is 38.3 Å². The Balaban J connectivity index is 1.82. The lowest BCUT2D eigenvalue weighted by molar-refractivity contribution is -0.139. The zero-order valence-corrected chi connectivity index (χ0v) is 25.1. The van der Waals surface area contributed by atoms with Gasteiger partial charge in [-0.3, -0.25) is 13.9 Å². The maximum Gasteiger partial charge on any atom is 0.244 e. The zero-order valence-electron chi connectivity index (χ0n) is 24.2. The van der Waals surface area contributed by atoms with Gasteiger partial charge in [-0.05, 0) is 67.8 Å². The molecular weight excluding hydrogens is 542 g/mol. The molecule has 0 spiro atoms. The summed E-state index contributed by atoms with van der Waals surface area (Å²) >= 11 is 0. The average Bonchev–Trinajstić information content (AvgIpc) is 2.97. The van der Waals surface area contributed by atoms with Crippen LogP contribution >= 0.6 is 0 Å². The first-order valence-corrected chi connectivity index (χ1v) is 15.3. The van der Waals surface area contributed by atoms with E-state index in [0.29, 0.717) is 23.8 Å². The second-order valence-corrected chi connectivity index (χ2v) is 11.8. The Morgan fingerprint density at radius 3 is 2.05 bits per heavy atom. The van der Waals surface area contributed by atoms with Crippen LogP contribution in [0.2, 0.25) is 0 Å². The minimum atomic E-state index is -3.84. The van der Waals surface area contributed by atoms with E-state index in [2.05, 4.69) is 5.32 Å². The van der Waals surface area contributed by atoms with Gasteiger partial charge in [0.2, 0.25) is 21.8 Å². The summed E-state index contributed by atoms with van der Waals surface area (Å²) in [5, 5.41) is 2.92. The van der Waals surface area contributed by atoms with Crippen LogP contribution in [0, 0.1) is 0 Å². The van der Waals surface area contributed by atoms with Crippen LogP contribution in [0.25, 0.3) is 0 Å². The lowest BCUT2D eigenvalue weighted by Gasteiger charge is -2.32. The fraction of sp³-hybridized carbons (Fsp3) is 0.355. The largest absolute Gasteiger partial charge is 0.497 e. The third-order valence-corrected chi connectivity index (χ3v) is 7.87. The summed E-state index contributed by atoms with van der Waals surface area (Å²) in [5.41, 5.74) is 2.09. The van der Waals surface area contributed by atoms with Gasteiger partial charge < -0.3 is 19.7 Å². The van der Waals surface area contributed by atoms with E-state index in [9.17, 15) is 18.0 Å². The zero-order chi connectivity index (χ0) is 30.0. The lowest BCUT2D eigenvalue weighted by atomic mass is 10.1. The van der Waals surface area contributed by atoms with Gasteiger partial charge >= 0.3 is 0 Å². The Labute approximate surface area is 243 Å². The Bertz CT molecular complexity index is 1380. The van der Waals surface area contributed by atoms with Crippen molar-refractivity contribution in [2.45, 2.75) is 52.4 Å². The number of anilines is 1. The highest BCUT2D eigenvalue weighted by molar-refractivity contribution is 7.92. The average molecular weight is 582 g/mol. The number of carbonyl (C=O) groups excluding carboxylic acids is 2. The molecule has 2 atom stereocenters. The molecule has 0 saturated heterocycles. The number of nitrogens with one attached hydrogen (secondary N) is 1. The number of amides is 2. The second kappa shape index (κ2) is 14.5. The number of sulfonamides is 1. The molecule has 0 aliphatic rings. The van der Waals surface area contributed by atoms with Crippen molar-refractivity contribution in [2.24, 2.45) is 0 Å². The first-order valence-electron chi connectivity index (χ1n) is 13.5. The van der Waals surface area contributed by atoms with E-state index in [0.717, 1.165) is 28.1 Å². The molecule has 3 rings (SSSR count). The van der Waals surface area contributed by atoms with Gasteiger partial charge in [0.1, 0.15) is 30.7 Å². The number of carbonyl (C=O) groups is 2. The van der Waals surface area contributed by atoms with Crippen molar-refractivity contribution in [3.63, 3.8) is 0 Å². The molecule has 0 fully saturated rings. The number of methoxy groups -OCH3 is 1. The highest BCUT2D eigenvalue weighted by atomic mass is 32.2. The Morgan fingerprint density at radius 1 is 0.878 bits per heavy atom. The molecule has 220 valence electrons. The molecule has 0 saturated carbocycles. The van der Waals surface area contributed by atoms with Gasteiger partial charge in [0.05, 0.1) is 19.1 Å². The maximum atomic E-state index is 13.7. The van der Waals surface area contributed by atoms with Gasteiger partial charge in [0.25, 0.3) is 0 Å². The third-order valence-electron chi connectivity index (χ3n) is 6.73. The summed E-state index contributed by atoms with van der Waals surface area (Å²) in [6.07, 6.45) is 1.78. The van der Waals surface area contributed by atoms with Crippen molar-refractivity contribution in [3.05, 3.63) is 90.0 Å². The normalized spacial score (nSPS) is 12.6. The fourth-order valence-electron chi connectivity index (χ4n) is 4.04. The molecule has 0 radical (unpaired) electrons. The van der Waals surface area contributed by atoms with E-state index in [4.69, 9.17) is 9.47 Å². The molecule has 0 aromatic heterocycles. The van der Waals surface area contributed by atoms with Gasteiger partial charge in [-0.15, -0.1) is 0 Å². The number of hydrogen-bond donors (Lipinski definition) is 1. The number of benzene rings is 3. The number of nitrogens with zero attached hydrogens (tertiary/aromatic N) is 2. The molecule has 3 aromatic rings. The van der Waals surface area contributed by atoms with Crippen LogP contribution in [0.15, 0.2) is 78.9 Å². The van der Waals surface area contributed by atoms with Gasteiger partial charge in [0, 0.05) is 12.6 Å². The van der Waals surface area contributed by atoms with Crippen molar-refractivity contribution >= 4 is 27.5 Å². The van der Waals surface area contributed by atoms with Gasteiger partial charge in [-0.1, -0.05) is 49.4 Å². The lowest BCUT2D eigenvalue weighted by Crippen LogP contribution is -2.52. The summed E-state index contributed by atoms with van der Waals surface area (Å²) in [5.74, 6) is 0.400. The Kier molecular flexibility index (Phi) is 11.2. The van der Waals surface area contributed by atoms with Crippen LogP contribution in [0.5, 0.6) is 11.5 Å². The van der Waals surface area contributed by atoms with E-state index in [1.165, 1.54) is 4.90 Å². The summed E-state index contributed by atoms with van der Waals surface area (Å²) in [6.45, 7) is 5.49. The molecule has 0 heterocycles. The topological polar surface area (TPSA) is 105 Å². The monoisotopic (exact) mass is 581 g/mol. The van der Waals surface area contributed by atoms with E-state index >= 15 is 0 Å². The molecule has 9 nitrogen and oxygen atoms in total. The van der Waals surface area contributed by atoms with Crippen LogP contribution in [-0.2, 0) is 32.8 Å². The summed E-state index contributed by atoms with van der Waals surface area (Å²) in [7, 11) is -2.27. The second-order valence-electron chi connectivity index (χ2n) is 9.90. The van der Waals surface area contributed by atoms with Crippen molar-refractivity contribution in [1.82, 2.24) is 10.2 Å². The molecular formula is C31H39N3O6S. The predicted octanol–water partition coefficient (Wildman–Crippen LogP) is 4.37. The first kappa shape index (κ1) is 31.5. The Morgan fingerprint density at radius 2 is 1.49 bits per heavy atom. The third kappa shape index (κ3) is 9.24. The van der Waals surface area contributed by atoms with E-state index in [1.54, 1.807) is 62.6 Å². The smallest absolute Gasteiger partial charge is 0.244 e. The van der Waals surface area contributed by atoms with Crippen molar-refractivity contribution in [2.75, 3.05) is 24.2 Å². The molecule has 41 heavy (non-hydrogen) atoms. The van der Waals surface area contributed by atoms with Gasteiger partial charge in [-0.25, -0.2) is 8.42 Å². The quantitative estimate of drug-likeness (QED) is 0.303. The minimum Gasteiger partial charge on any atom is -0.497 e. The molecule has 2 amide bonds. The predicted molar refractivity (Wildman–Crippen MR) is 160 cm³/mol. The molecule has 0 aliphatic carbocycles. The SMILES string of the molecule is CC[C@@H](C)NC(=O)[C@H](C)N(Cc1ccc(OC)cc1)C(=O)CN(c1ccc(OCc2ccccc2)cc1)S(C)(=O)=O. The van der Waals surface area contributed by atoms with Crippen LogP contribution in [0.3, 0.4) is 0 Å². The molecule has 3 aromatic carbocycles.